The standard InChI is InChI=1S/C23H26N2OS/c1-23(2,3)18-10-8-17(9-11-18)22(26)25-14-12-16(13-15-25)21-24-19-6-4-5-7-20(19)27-21/h4-11,16H,12-15H2,1-3H3. The summed E-state index contributed by atoms with van der Waals surface area (Å²) in [6.07, 6.45) is 1.98. The third-order valence-corrected chi connectivity index (χ3v) is 6.64. The van der Waals surface area contributed by atoms with E-state index in [9.17, 15) is 4.79 Å². The van der Waals surface area contributed by atoms with Crippen molar-refractivity contribution in [2.75, 3.05) is 13.1 Å². The van der Waals surface area contributed by atoms with Crippen LogP contribution in [0.5, 0.6) is 0 Å². The Balaban J connectivity index is 1.42. The molecule has 140 valence electrons. The minimum absolute atomic E-state index is 0.108. The van der Waals surface area contributed by atoms with Gasteiger partial charge in [0.05, 0.1) is 15.2 Å². The molecule has 0 unspecified atom stereocenters. The molecule has 1 aromatic heterocycles. The number of benzene rings is 2. The van der Waals surface area contributed by atoms with Gasteiger partial charge in [-0.25, -0.2) is 4.98 Å². The Labute approximate surface area is 165 Å². The minimum atomic E-state index is 0.108. The monoisotopic (exact) mass is 378 g/mol. The first-order chi connectivity index (χ1) is 12.9. The fraction of sp³-hybridized carbons (Fsp3) is 0.391. The van der Waals surface area contributed by atoms with Gasteiger partial charge in [0.1, 0.15) is 0 Å². The van der Waals surface area contributed by atoms with Crippen LogP contribution >= 0.6 is 11.3 Å². The predicted octanol–water partition coefficient (Wildman–Crippen LogP) is 5.61. The molecule has 3 aromatic rings. The number of hydrogen-bond acceptors (Lipinski definition) is 3. The number of thiazole rings is 1. The zero-order valence-electron chi connectivity index (χ0n) is 16.2. The summed E-state index contributed by atoms with van der Waals surface area (Å²) in [5.74, 6) is 0.618. The van der Waals surface area contributed by atoms with Gasteiger partial charge in [0, 0.05) is 24.6 Å². The highest BCUT2D eigenvalue weighted by molar-refractivity contribution is 7.18. The van der Waals surface area contributed by atoms with E-state index in [0.717, 1.165) is 37.0 Å². The molecule has 1 saturated heterocycles. The SMILES string of the molecule is CC(C)(C)c1ccc(C(=O)N2CCC(c3nc4ccccc4s3)CC2)cc1. The number of nitrogens with zero attached hydrogens (tertiary/aromatic N) is 2. The highest BCUT2D eigenvalue weighted by atomic mass is 32.1. The molecule has 4 rings (SSSR count). The maximum Gasteiger partial charge on any atom is 0.253 e. The summed E-state index contributed by atoms with van der Waals surface area (Å²) >= 11 is 1.80. The van der Waals surface area contributed by atoms with E-state index in [4.69, 9.17) is 4.98 Å². The number of likely N-dealkylation sites (tertiary alicyclic amines) is 1. The Morgan fingerprint density at radius 1 is 1.04 bits per heavy atom. The fourth-order valence-corrected chi connectivity index (χ4v) is 4.83. The first-order valence-electron chi connectivity index (χ1n) is 9.67. The van der Waals surface area contributed by atoms with E-state index in [-0.39, 0.29) is 11.3 Å². The van der Waals surface area contributed by atoms with E-state index < -0.39 is 0 Å². The summed E-state index contributed by atoms with van der Waals surface area (Å²) in [5.41, 5.74) is 3.25. The Morgan fingerprint density at radius 3 is 2.33 bits per heavy atom. The Hall–Kier alpha value is -2.20. The van der Waals surface area contributed by atoms with Gasteiger partial charge < -0.3 is 4.90 Å². The number of piperidine rings is 1. The number of fused-ring (bicyclic) bond motifs is 1. The molecular weight excluding hydrogens is 352 g/mol. The Kier molecular flexibility index (Phi) is 4.77. The fourth-order valence-electron chi connectivity index (χ4n) is 3.69. The molecule has 1 amide bonds. The van der Waals surface area contributed by atoms with Crippen molar-refractivity contribution in [2.24, 2.45) is 0 Å². The second-order valence-electron chi connectivity index (χ2n) is 8.41. The summed E-state index contributed by atoms with van der Waals surface area (Å²) in [4.78, 5) is 19.7. The number of rotatable bonds is 2. The second kappa shape index (κ2) is 7.08. The van der Waals surface area contributed by atoms with Gasteiger partial charge in [0.25, 0.3) is 5.91 Å². The third-order valence-electron chi connectivity index (χ3n) is 5.44. The van der Waals surface area contributed by atoms with Crippen LogP contribution in [0.3, 0.4) is 0 Å². The van der Waals surface area contributed by atoms with Crippen molar-refractivity contribution >= 4 is 27.5 Å². The summed E-state index contributed by atoms with van der Waals surface area (Å²) < 4.78 is 1.25. The molecule has 1 aliphatic heterocycles. The Bertz CT molecular complexity index is 911. The maximum atomic E-state index is 12.9. The Morgan fingerprint density at radius 2 is 1.70 bits per heavy atom. The molecule has 3 nitrogen and oxygen atoms in total. The van der Waals surface area contributed by atoms with Crippen LogP contribution in [0, 0.1) is 0 Å². The molecule has 0 aliphatic carbocycles. The molecule has 1 fully saturated rings. The summed E-state index contributed by atoms with van der Waals surface area (Å²) in [6, 6.07) is 16.4. The number of carbonyl (C=O) groups is 1. The van der Waals surface area contributed by atoms with Crippen molar-refractivity contribution in [1.82, 2.24) is 9.88 Å². The van der Waals surface area contributed by atoms with Crippen molar-refractivity contribution in [3.63, 3.8) is 0 Å². The molecule has 0 radical (unpaired) electrons. The minimum Gasteiger partial charge on any atom is -0.339 e. The lowest BCUT2D eigenvalue weighted by Crippen LogP contribution is -2.37. The molecule has 1 aliphatic rings. The van der Waals surface area contributed by atoms with Crippen LogP contribution in [0.2, 0.25) is 0 Å². The average molecular weight is 379 g/mol. The van der Waals surface area contributed by atoms with Gasteiger partial charge in [-0.3, -0.25) is 4.79 Å². The van der Waals surface area contributed by atoms with Gasteiger partial charge >= 0.3 is 0 Å². The maximum absolute atomic E-state index is 12.9. The zero-order chi connectivity index (χ0) is 19.0. The normalized spacial score (nSPS) is 16.0. The number of aromatic nitrogens is 1. The molecule has 0 N–H and O–H groups in total. The molecule has 4 heteroatoms. The lowest BCUT2D eigenvalue weighted by atomic mass is 9.86. The van der Waals surface area contributed by atoms with Gasteiger partial charge in [0.15, 0.2) is 0 Å². The topological polar surface area (TPSA) is 33.2 Å². The van der Waals surface area contributed by atoms with Crippen LogP contribution in [0.15, 0.2) is 48.5 Å². The van der Waals surface area contributed by atoms with Gasteiger partial charge in [-0.15, -0.1) is 11.3 Å². The molecule has 2 aromatic carbocycles. The lowest BCUT2D eigenvalue weighted by molar-refractivity contribution is 0.0713. The van der Waals surface area contributed by atoms with Gasteiger partial charge in [-0.1, -0.05) is 45.0 Å². The number of para-hydroxylation sites is 1. The van der Waals surface area contributed by atoms with Crippen LogP contribution in [0.25, 0.3) is 10.2 Å². The van der Waals surface area contributed by atoms with Crippen molar-refractivity contribution in [3.05, 3.63) is 64.7 Å². The smallest absolute Gasteiger partial charge is 0.253 e. The van der Waals surface area contributed by atoms with E-state index in [0.29, 0.717) is 5.92 Å². The highest BCUT2D eigenvalue weighted by Gasteiger charge is 2.26. The predicted molar refractivity (Wildman–Crippen MR) is 113 cm³/mol. The first-order valence-corrected chi connectivity index (χ1v) is 10.5. The summed E-state index contributed by atoms with van der Waals surface area (Å²) in [6.45, 7) is 8.19. The van der Waals surface area contributed by atoms with Gasteiger partial charge in [-0.05, 0) is 48.1 Å². The summed E-state index contributed by atoms with van der Waals surface area (Å²) in [7, 11) is 0. The molecule has 2 heterocycles. The van der Waals surface area contributed by atoms with E-state index >= 15 is 0 Å². The van der Waals surface area contributed by atoms with Gasteiger partial charge in [-0.2, -0.15) is 0 Å². The number of hydrogen-bond donors (Lipinski definition) is 0. The van der Waals surface area contributed by atoms with Crippen LogP contribution in [-0.2, 0) is 5.41 Å². The molecular formula is C23H26N2OS. The lowest BCUT2D eigenvalue weighted by Gasteiger charge is -2.31. The molecule has 0 bridgehead atoms. The van der Waals surface area contributed by atoms with E-state index in [2.05, 4.69) is 51.1 Å². The first kappa shape index (κ1) is 18.2. The molecule has 0 atom stereocenters. The highest BCUT2D eigenvalue weighted by Crippen LogP contribution is 2.34. The zero-order valence-corrected chi connectivity index (χ0v) is 17.1. The van der Waals surface area contributed by atoms with Crippen molar-refractivity contribution in [2.45, 2.75) is 44.9 Å². The quantitative estimate of drug-likeness (QED) is 0.580. The van der Waals surface area contributed by atoms with Gasteiger partial charge in [0.2, 0.25) is 0 Å². The van der Waals surface area contributed by atoms with Crippen LogP contribution in [-0.4, -0.2) is 28.9 Å². The van der Waals surface area contributed by atoms with E-state index in [1.165, 1.54) is 15.3 Å². The van der Waals surface area contributed by atoms with Crippen molar-refractivity contribution < 1.29 is 4.79 Å². The third kappa shape index (κ3) is 3.77. The summed E-state index contributed by atoms with van der Waals surface area (Å²) in [5, 5.41) is 1.22. The number of amides is 1. The van der Waals surface area contributed by atoms with E-state index in [1.807, 2.05) is 23.1 Å². The van der Waals surface area contributed by atoms with E-state index in [1.54, 1.807) is 11.3 Å². The second-order valence-corrected chi connectivity index (χ2v) is 9.48. The van der Waals surface area contributed by atoms with Crippen molar-refractivity contribution in [3.8, 4) is 0 Å². The molecule has 27 heavy (non-hydrogen) atoms. The average Bonchev–Trinajstić information content (AvgIpc) is 3.11. The van der Waals surface area contributed by atoms with Crippen molar-refractivity contribution in [1.29, 1.82) is 0 Å². The largest absolute Gasteiger partial charge is 0.339 e. The van der Waals surface area contributed by atoms with Crippen LogP contribution < -0.4 is 0 Å². The molecule has 0 spiro atoms. The van der Waals surface area contributed by atoms with Crippen LogP contribution in [0.4, 0.5) is 0 Å². The number of carbonyl (C=O) groups excluding carboxylic acids is 1. The van der Waals surface area contributed by atoms with Crippen LogP contribution in [0.1, 0.15) is 60.5 Å². The molecule has 0 saturated carbocycles.